The molecule has 0 amide bonds. The molecule has 1 aromatic carbocycles. The van der Waals surface area contributed by atoms with E-state index in [1.165, 1.54) is 9.13 Å². The summed E-state index contributed by atoms with van der Waals surface area (Å²) in [5.74, 6) is 1.06. The number of benzene rings is 1. The molecule has 0 aliphatic carbocycles. The van der Waals surface area contributed by atoms with Gasteiger partial charge in [-0.25, -0.2) is 4.79 Å². The molecule has 7 nitrogen and oxygen atoms in total. The number of rotatable bonds is 5. The van der Waals surface area contributed by atoms with Crippen molar-refractivity contribution in [2.75, 3.05) is 5.88 Å². The number of fused-ring (bicyclic) bond motifs is 3. The first-order valence-corrected chi connectivity index (χ1v) is 9.94. The summed E-state index contributed by atoms with van der Waals surface area (Å²) >= 11 is 5.95. The number of halogens is 1. The summed E-state index contributed by atoms with van der Waals surface area (Å²) in [6.07, 6.45) is 3.72. The van der Waals surface area contributed by atoms with Crippen LogP contribution >= 0.6 is 11.6 Å². The van der Waals surface area contributed by atoms with Gasteiger partial charge in [0.05, 0.1) is 0 Å². The van der Waals surface area contributed by atoms with Crippen LogP contribution < -0.4 is 11.2 Å². The van der Waals surface area contributed by atoms with Gasteiger partial charge < -0.3 is 4.57 Å². The fourth-order valence-corrected chi connectivity index (χ4v) is 3.86. The molecule has 4 aromatic rings. The van der Waals surface area contributed by atoms with Crippen molar-refractivity contribution in [2.24, 2.45) is 7.05 Å². The highest BCUT2D eigenvalue weighted by atomic mass is 35.5. The predicted molar refractivity (Wildman–Crippen MR) is 116 cm³/mol. The smallest absolute Gasteiger partial charge is 0.313 e. The van der Waals surface area contributed by atoms with E-state index in [0.29, 0.717) is 29.4 Å². The zero-order valence-corrected chi connectivity index (χ0v) is 17.3. The second-order valence-corrected chi connectivity index (χ2v) is 7.38. The van der Waals surface area contributed by atoms with Gasteiger partial charge in [0.1, 0.15) is 0 Å². The number of hydrogen-bond donors (Lipinski definition) is 0. The molecule has 0 aliphatic rings. The molecule has 8 heteroatoms. The standard InChI is InChI=1S/C21H22ClN5O2/c1-14-15(2)27-17-18(23-20(27)25(14)13-11-22)24(3)21(29)26(19(17)28)12-7-10-16-8-5-4-6-9-16/h4-10H,11-13H2,1-3H3. The van der Waals surface area contributed by atoms with Gasteiger partial charge in [0.25, 0.3) is 5.56 Å². The van der Waals surface area contributed by atoms with Crippen LogP contribution in [0.15, 0.2) is 46.0 Å². The molecule has 4 rings (SSSR count). The molecule has 150 valence electrons. The summed E-state index contributed by atoms with van der Waals surface area (Å²) in [5, 5.41) is 0. The Morgan fingerprint density at radius 2 is 1.79 bits per heavy atom. The monoisotopic (exact) mass is 411 g/mol. The quantitative estimate of drug-likeness (QED) is 0.474. The summed E-state index contributed by atoms with van der Waals surface area (Å²) in [5.41, 5.74) is 2.97. The van der Waals surface area contributed by atoms with Crippen LogP contribution in [0.2, 0.25) is 0 Å². The van der Waals surface area contributed by atoms with Crippen LogP contribution in [0.3, 0.4) is 0 Å². The van der Waals surface area contributed by atoms with E-state index in [1.54, 1.807) is 7.05 Å². The fraction of sp³-hybridized carbons (Fsp3) is 0.286. The van der Waals surface area contributed by atoms with Crippen LogP contribution in [-0.2, 0) is 20.1 Å². The van der Waals surface area contributed by atoms with E-state index in [-0.39, 0.29) is 17.8 Å². The number of nitrogens with zero attached hydrogens (tertiary/aromatic N) is 5. The lowest BCUT2D eigenvalue weighted by Gasteiger charge is -2.06. The summed E-state index contributed by atoms with van der Waals surface area (Å²) in [6.45, 7) is 4.68. The van der Waals surface area contributed by atoms with Gasteiger partial charge in [0.2, 0.25) is 5.78 Å². The first-order chi connectivity index (χ1) is 14.0. The fourth-order valence-electron chi connectivity index (χ4n) is 3.69. The zero-order chi connectivity index (χ0) is 20.7. The van der Waals surface area contributed by atoms with Gasteiger partial charge in [-0.3, -0.25) is 18.3 Å². The topological polar surface area (TPSA) is 66.2 Å². The van der Waals surface area contributed by atoms with Crippen molar-refractivity contribution in [3.8, 4) is 0 Å². The minimum Gasteiger partial charge on any atom is -0.313 e. The lowest BCUT2D eigenvalue weighted by Crippen LogP contribution is -2.39. The molecule has 0 unspecified atom stereocenters. The largest absolute Gasteiger partial charge is 0.332 e. The van der Waals surface area contributed by atoms with Crippen molar-refractivity contribution in [2.45, 2.75) is 26.9 Å². The first kappa shape index (κ1) is 19.3. The Bertz CT molecular complexity index is 1360. The number of aryl methyl sites for hydroxylation is 3. The van der Waals surface area contributed by atoms with Crippen molar-refractivity contribution in [3.63, 3.8) is 0 Å². The third-order valence-electron chi connectivity index (χ3n) is 5.34. The Morgan fingerprint density at radius 3 is 2.48 bits per heavy atom. The number of alkyl halides is 1. The Hall–Kier alpha value is -3.06. The number of hydrogen-bond acceptors (Lipinski definition) is 3. The number of allylic oxidation sites excluding steroid dienone is 1. The van der Waals surface area contributed by atoms with Crippen LogP contribution in [0.4, 0.5) is 0 Å². The van der Waals surface area contributed by atoms with E-state index in [1.807, 2.05) is 65.3 Å². The van der Waals surface area contributed by atoms with E-state index in [2.05, 4.69) is 4.98 Å². The van der Waals surface area contributed by atoms with E-state index in [4.69, 9.17) is 11.6 Å². The molecule has 0 saturated heterocycles. The zero-order valence-electron chi connectivity index (χ0n) is 16.6. The van der Waals surface area contributed by atoms with Crippen molar-refractivity contribution in [1.82, 2.24) is 23.1 Å². The Balaban J connectivity index is 1.92. The highest BCUT2D eigenvalue weighted by molar-refractivity contribution is 6.17. The van der Waals surface area contributed by atoms with E-state index in [9.17, 15) is 9.59 Å². The average molecular weight is 412 g/mol. The van der Waals surface area contributed by atoms with Gasteiger partial charge in [-0.2, -0.15) is 4.98 Å². The maximum absolute atomic E-state index is 13.3. The van der Waals surface area contributed by atoms with Gasteiger partial charge in [-0.05, 0) is 19.4 Å². The predicted octanol–water partition coefficient (Wildman–Crippen LogP) is 2.72. The molecule has 0 radical (unpaired) electrons. The average Bonchev–Trinajstić information content (AvgIpc) is 3.22. The maximum atomic E-state index is 13.3. The van der Waals surface area contributed by atoms with Gasteiger partial charge in [-0.15, -0.1) is 11.6 Å². The molecule has 0 fully saturated rings. The van der Waals surface area contributed by atoms with Crippen LogP contribution in [-0.4, -0.2) is 29.0 Å². The van der Waals surface area contributed by atoms with Crippen molar-refractivity contribution >= 4 is 34.6 Å². The third-order valence-corrected chi connectivity index (χ3v) is 5.50. The molecular weight excluding hydrogens is 390 g/mol. The Morgan fingerprint density at radius 1 is 1.07 bits per heavy atom. The van der Waals surface area contributed by atoms with Gasteiger partial charge >= 0.3 is 5.69 Å². The second kappa shape index (κ2) is 7.40. The molecule has 0 atom stereocenters. The minimum atomic E-state index is -0.390. The van der Waals surface area contributed by atoms with Gasteiger partial charge in [0.15, 0.2) is 11.2 Å². The molecule has 3 aromatic heterocycles. The molecule has 0 aliphatic heterocycles. The van der Waals surface area contributed by atoms with E-state index in [0.717, 1.165) is 17.0 Å². The van der Waals surface area contributed by atoms with Crippen molar-refractivity contribution < 1.29 is 0 Å². The van der Waals surface area contributed by atoms with E-state index >= 15 is 0 Å². The summed E-state index contributed by atoms with van der Waals surface area (Å²) < 4.78 is 6.48. The van der Waals surface area contributed by atoms with Crippen LogP contribution in [0.5, 0.6) is 0 Å². The number of aromatic nitrogens is 5. The lowest BCUT2D eigenvalue weighted by molar-refractivity contribution is 0.667. The molecule has 0 saturated carbocycles. The Labute approximate surface area is 172 Å². The number of imidazole rings is 2. The summed E-state index contributed by atoms with van der Waals surface area (Å²) in [4.78, 5) is 30.7. The highest BCUT2D eigenvalue weighted by Gasteiger charge is 2.22. The van der Waals surface area contributed by atoms with Crippen LogP contribution in [0.25, 0.3) is 23.0 Å². The molecule has 0 spiro atoms. The normalized spacial score (nSPS) is 12.0. The SMILES string of the molecule is Cc1c(C)n2c3c(=O)n(CC=Cc4ccccc4)c(=O)n(C)c3nc2n1CCCl. The van der Waals surface area contributed by atoms with Gasteiger partial charge in [-0.1, -0.05) is 42.5 Å². The van der Waals surface area contributed by atoms with Crippen molar-refractivity contribution in [3.05, 3.63) is 74.2 Å². The Kier molecular flexibility index (Phi) is 4.92. The summed E-state index contributed by atoms with van der Waals surface area (Å²) in [7, 11) is 1.64. The first-order valence-electron chi connectivity index (χ1n) is 9.41. The third kappa shape index (κ3) is 3.02. The van der Waals surface area contributed by atoms with Gasteiger partial charge in [0, 0.05) is 37.4 Å². The van der Waals surface area contributed by atoms with Crippen LogP contribution in [0, 0.1) is 13.8 Å². The molecule has 29 heavy (non-hydrogen) atoms. The molecule has 0 N–H and O–H groups in total. The highest BCUT2D eigenvalue weighted by Crippen LogP contribution is 2.20. The minimum absolute atomic E-state index is 0.185. The molecule has 3 heterocycles. The second-order valence-electron chi connectivity index (χ2n) is 7.00. The van der Waals surface area contributed by atoms with Crippen LogP contribution in [0.1, 0.15) is 17.0 Å². The molecule has 0 bridgehead atoms. The molecular formula is C21H22ClN5O2. The van der Waals surface area contributed by atoms with E-state index < -0.39 is 0 Å². The lowest BCUT2D eigenvalue weighted by atomic mass is 10.2. The van der Waals surface area contributed by atoms with Crippen molar-refractivity contribution in [1.29, 1.82) is 0 Å². The summed E-state index contributed by atoms with van der Waals surface area (Å²) in [6, 6.07) is 9.75. The maximum Gasteiger partial charge on any atom is 0.332 e.